The molecule has 0 amide bonds. The fourth-order valence-corrected chi connectivity index (χ4v) is 4.43. The zero-order chi connectivity index (χ0) is 14.8. The largest absolute Gasteiger partial charge is 0.386 e. The molecule has 20 heavy (non-hydrogen) atoms. The van der Waals surface area contributed by atoms with E-state index in [2.05, 4.69) is 10.3 Å². The molecule has 1 aromatic heterocycles. The molecule has 0 aliphatic carbocycles. The van der Waals surface area contributed by atoms with Gasteiger partial charge in [0.1, 0.15) is 0 Å². The van der Waals surface area contributed by atoms with Crippen molar-refractivity contribution in [3.8, 4) is 0 Å². The van der Waals surface area contributed by atoms with E-state index < -0.39 is 10.0 Å². The molecular weight excluding hydrogens is 276 g/mol. The molecule has 7 heteroatoms. The number of nitrogens with one attached hydrogen (secondary N) is 1. The van der Waals surface area contributed by atoms with Gasteiger partial charge in [-0.05, 0) is 39.1 Å². The quantitative estimate of drug-likeness (QED) is 0.872. The van der Waals surface area contributed by atoms with Crippen LogP contribution in [0.3, 0.4) is 0 Å². The molecule has 112 valence electrons. The number of anilines is 1. The van der Waals surface area contributed by atoms with Crippen LogP contribution in [0.25, 0.3) is 0 Å². The molecule has 1 saturated heterocycles. The first-order valence-electron chi connectivity index (χ1n) is 6.76. The molecule has 2 heterocycles. The minimum atomic E-state index is -3.54. The Hall–Kier alpha value is -1.18. The Bertz CT molecular complexity index is 559. The molecule has 6 nitrogen and oxygen atoms in total. The molecule has 2 rings (SSSR count). The third-order valence-corrected chi connectivity index (χ3v) is 5.40. The summed E-state index contributed by atoms with van der Waals surface area (Å²) in [7, 11) is 2.08. The summed E-state index contributed by atoms with van der Waals surface area (Å²) in [4.78, 5) is 6.10. The average Bonchev–Trinajstić information content (AvgIpc) is 2.86. The van der Waals surface area contributed by atoms with E-state index in [1.54, 1.807) is 23.5 Å². The lowest BCUT2D eigenvalue weighted by molar-refractivity contribution is 0.291. The first-order chi connectivity index (χ1) is 9.46. The van der Waals surface area contributed by atoms with Gasteiger partial charge in [-0.15, -0.1) is 0 Å². The van der Waals surface area contributed by atoms with Gasteiger partial charge in [0.25, 0.3) is 10.0 Å². The molecule has 1 aromatic rings. The van der Waals surface area contributed by atoms with Crippen LogP contribution < -0.4 is 5.32 Å². The van der Waals surface area contributed by atoms with Crippen LogP contribution in [0.1, 0.15) is 12.8 Å². The molecule has 1 N–H and O–H groups in total. The topological polar surface area (TPSA) is 65.5 Å². The van der Waals surface area contributed by atoms with Crippen LogP contribution in [-0.2, 0) is 10.0 Å². The second-order valence-electron chi connectivity index (χ2n) is 5.28. The predicted octanol–water partition coefficient (Wildman–Crippen LogP) is 0.838. The minimum Gasteiger partial charge on any atom is -0.386 e. The molecule has 1 atom stereocenters. The summed E-state index contributed by atoms with van der Waals surface area (Å²) >= 11 is 0. The Balaban J connectivity index is 2.34. The summed E-state index contributed by atoms with van der Waals surface area (Å²) in [5.41, 5.74) is 0.544. The molecule has 0 aromatic carbocycles. The van der Waals surface area contributed by atoms with Crippen LogP contribution >= 0.6 is 0 Å². The van der Waals surface area contributed by atoms with Gasteiger partial charge < -0.3 is 10.2 Å². The summed E-state index contributed by atoms with van der Waals surface area (Å²) in [6.07, 6.45) is 3.32. The lowest BCUT2D eigenvalue weighted by atomic mass is 10.2. The van der Waals surface area contributed by atoms with Gasteiger partial charge in [0.05, 0.1) is 5.69 Å². The lowest BCUT2D eigenvalue weighted by Gasteiger charge is -2.26. The van der Waals surface area contributed by atoms with Gasteiger partial charge in [-0.1, -0.05) is 0 Å². The van der Waals surface area contributed by atoms with Crippen molar-refractivity contribution in [2.24, 2.45) is 0 Å². The molecule has 1 unspecified atom stereocenters. The van der Waals surface area contributed by atoms with Gasteiger partial charge in [-0.2, -0.15) is 4.31 Å². The van der Waals surface area contributed by atoms with Crippen LogP contribution in [0.15, 0.2) is 23.4 Å². The van der Waals surface area contributed by atoms with E-state index in [4.69, 9.17) is 0 Å². The van der Waals surface area contributed by atoms with Crippen molar-refractivity contribution < 1.29 is 8.42 Å². The Kier molecular flexibility index (Phi) is 4.62. The molecule has 1 aliphatic heterocycles. The van der Waals surface area contributed by atoms with Gasteiger partial charge in [-0.3, -0.25) is 0 Å². The van der Waals surface area contributed by atoms with Crippen molar-refractivity contribution in [3.63, 3.8) is 0 Å². The predicted molar refractivity (Wildman–Crippen MR) is 79.3 cm³/mol. The van der Waals surface area contributed by atoms with Crippen LogP contribution in [0, 0.1) is 0 Å². The van der Waals surface area contributed by atoms with E-state index in [0.29, 0.717) is 12.2 Å². The van der Waals surface area contributed by atoms with E-state index in [9.17, 15) is 8.42 Å². The number of aromatic nitrogens is 1. The van der Waals surface area contributed by atoms with Crippen molar-refractivity contribution in [1.82, 2.24) is 14.2 Å². The van der Waals surface area contributed by atoms with E-state index >= 15 is 0 Å². The maximum atomic E-state index is 12.8. The molecule has 0 bridgehead atoms. The summed E-state index contributed by atoms with van der Waals surface area (Å²) in [5, 5.41) is 3.02. The van der Waals surface area contributed by atoms with E-state index in [0.717, 1.165) is 19.4 Å². The average molecular weight is 298 g/mol. The smallest absolute Gasteiger partial charge is 0.262 e. The molecule has 0 saturated carbocycles. The standard InChI is InChI=1S/C13H22N4O2S/c1-14-12-7-4-8-15-13(12)20(18,19)17-9-5-6-11(17)10-16(2)3/h4,7-8,11,14H,5-6,9-10H2,1-3H3. The van der Waals surface area contributed by atoms with E-state index in [1.807, 2.05) is 19.0 Å². The number of hydrogen-bond acceptors (Lipinski definition) is 5. The van der Waals surface area contributed by atoms with E-state index in [1.165, 1.54) is 6.20 Å². The molecule has 1 fully saturated rings. The van der Waals surface area contributed by atoms with Crippen molar-refractivity contribution in [2.75, 3.05) is 39.5 Å². The van der Waals surface area contributed by atoms with Crippen molar-refractivity contribution in [1.29, 1.82) is 0 Å². The molecule has 0 spiro atoms. The zero-order valence-electron chi connectivity index (χ0n) is 12.2. The fraction of sp³-hybridized carbons (Fsp3) is 0.615. The minimum absolute atomic E-state index is 0.0294. The highest BCUT2D eigenvalue weighted by Gasteiger charge is 2.37. The zero-order valence-corrected chi connectivity index (χ0v) is 13.0. The normalized spacial score (nSPS) is 20.5. The van der Waals surface area contributed by atoms with Crippen molar-refractivity contribution in [3.05, 3.63) is 18.3 Å². The summed E-state index contributed by atoms with van der Waals surface area (Å²) < 4.78 is 27.2. The first kappa shape index (κ1) is 15.2. The van der Waals surface area contributed by atoms with Gasteiger partial charge >= 0.3 is 0 Å². The van der Waals surface area contributed by atoms with Crippen molar-refractivity contribution in [2.45, 2.75) is 23.9 Å². The second kappa shape index (κ2) is 6.07. The van der Waals surface area contributed by atoms with E-state index in [-0.39, 0.29) is 11.1 Å². The van der Waals surface area contributed by atoms with Gasteiger partial charge in [-0.25, -0.2) is 13.4 Å². The van der Waals surface area contributed by atoms with Crippen LogP contribution in [0.5, 0.6) is 0 Å². The van der Waals surface area contributed by atoms with Crippen LogP contribution in [0.2, 0.25) is 0 Å². The van der Waals surface area contributed by atoms with Gasteiger partial charge in [0, 0.05) is 32.4 Å². The Labute approximate surface area is 120 Å². The highest BCUT2D eigenvalue weighted by Crippen LogP contribution is 2.28. The number of pyridine rings is 1. The number of hydrogen-bond donors (Lipinski definition) is 1. The maximum Gasteiger partial charge on any atom is 0.262 e. The summed E-state index contributed by atoms with van der Waals surface area (Å²) in [6.45, 7) is 1.31. The fourth-order valence-electron chi connectivity index (χ4n) is 2.63. The second-order valence-corrected chi connectivity index (χ2v) is 7.09. The first-order valence-corrected chi connectivity index (χ1v) is 8.20. The molecule has 1 aliphatic rings. The van der Waals surface area contributed by atoms with Crippen molar-refractivity contribution >= 4 is 15.7 Å². The molecule has 0 radical (unpaired) electrons. The lowest BCUT2D eigenvalue weighted by Crippen LogP contribution is -2.41. The Morgan fingerprint density at radius 2 is 2.25 bits per heavy atom. The number of likely N-dealkylation sites (N-methyl/N-ethyl adjacent to an activating group) is 1. The van der Waals surface area contributed by atoms with Gasteiger partial charge in [0.2, 0.25) is 0 Å². The van der Waals surface area contributed by atoms with Crippen LogP contribution in [-0.4, -0.2) is 62.9 Å². The summed E-state index contributed by atoms with van der Waals surface area (Å²) in [6, 6.07) is 3.49. The Morgan fingerprint density at radius 1 is 1.50 bits per heavy atom. The highest BCUT2D eigenvalue weighted by atomic mass is 32.2. The summed E-state index contributed by atoms with van der Waals surface area (Å²) in [5.74, 6) is 0. The molecular formula is C13H22N4O2S. The third kappa shape index (κ3) is 2.94. The third-order valence-electron chi connectivity index (χ3n) is 3.49. The maximum absolute atomic E-state index is 12.8. The number of sulfonamides is 1. The number of nitrogens with zero attached hydrogens (tertiary/aromatic N) is 3. The number of rotatable bonds is 5. The Morgan fingerprint density at radius 3 is 2.90 bits per heavy atom. The SMILES string of the molecule is CNc1cccnc1S(=O)(=O)N1CCCC1CN(C)C. The van der Waals surface area contributed by atoms with Gasteiger partial charge in [0.15, 0.2) is 5.03 Å². The monoisotopic (exact) mass is 298 g/mol. The highest BCUT2D eigenvalue weighted by molar-refractivity contribution is 7.89. The van der Waals surface area contributed by atoms with Crippen LogP contribution in [0.4, 0.5) is 5.69 Å².